The Balaban J connectivity index is 0.859. The number of anilines is 1. The van der Waals surface area contributed by atoms with Crippen LogP contribution in [0.1, 0.15) is 77.3 Å². The SMILES string of the molecule is CC(C)(C)OC(=O)N1C(=N[C@@H](CCN2CCN(C(=O)C34CCC(CN5CCNCC5)(CC3)OC4)CC2)c2ccc(Cl)cc2)C12CCN(c1ncnc3[nH]ccc13)CC2. The van der Waals surface area contributed by atoms with Gasteiger partial charge in [0.05, 0.1) is 29.1 Å². The van der Waals surface area contributed by atoms with Gasteiger partial charge in [-0.05, 0) is 89.5 Å². The highest BCUT2D eigenvalue weighted by Gasteiger charge is 2.65. The number of fused-ring (bicyclic) bond motifs is 4. The molecule has 15 heteroatoms. The van der Waals surface area contributed by atoms with Gasteiger partial charge in [0.15, 0.2) is 0 Å². The molecule has 14 nitrogen and oxygen atoms in total. The standard InChI is InChI=1S/C43H59ClN10O4/c1-40(2,3)58-39(56)54-37(43(54)14-20-52(21-15-43)36-33-8-16-46-35(33)47-30-48-36)49-34(31-4-6-32(44)7-5-31)9-19-50-24-26-53(27-25-50)38(55)41-10-12-42(13-11-41,57-29-41)28-51-22-17-45-18-23-51/h4-8,16,30,34,45H,9-15,17-29H2,1-3H3,(H,46,47,48)/t34-,41?,42?,54?/m0/s1. The fourth-order valence-electron chi connectivity index (χ4n) is 10.2. The van der Waals surface area contributed by atoms with Gasteiger partial charge in [-0.1, -0.05) is 23.7 Å². The average molecular weight is 815 g/mol. The van der Waals surface area contributed by atoms with E-state index in [4.69, 9.17) is 26.1 Å². The Bertz CT molecular complexity index is 1970. The summed E-state index contributed by atoms with van der Waals surface area (Å²) in [7, 11) is 0. The first-order valence-corrected chi connectivity index (χ1v) is 21.8. The van der Waals surface area contributed by atoms with E-state index in [2.05, 4.69) is 52.0 Å². The maximum Gasteiger partial charge on any atom is 0.416 e. The number of nitrogens with zero attached hydrogens (tertiary/aromatic N) is 8. The molecular weight excluding hydrogens is 756 g/mol. The smallest absolute Gasteiger partial charge is 0.416 e. The normalized spacial score (nSPS) is 27.7. The van der Waals surface area contributed by atoms with Crippen molar-refractivity contribution in [2.45, 2.75) is 88.5 Å². The largest absolute Gasteiger partial charge is 0.443 e. The molecule has 1 aromatic carbocycles. The molecule has 2 aromatic heterocycles. The van der Waals surface area contributed by atoms with Crippen molar-refractivity contribution in [1.82, 2.24) is 39.9 Å². The third-order valence-electron chi connectivity index (χ3n) is 13.7. The second-order valence-electron chi connectivity index (χ2n) is 18.5. The van der Waals surface area contributed by atoms with Crippen molar-refractivity contribution in [3.8, 4) is 0 Å². The lowest BCUT2D eigenvalue weighted by atomic mass is 9.65. The van der Waals surface area contributed by atoms with Crippen LogP contribution in [0.2, 0.25) is 5.02 Å². The summed E-state index contributed by atoms with van der Waals surface area (Å²) in [6, 6.07) is 9.76. The van der Waals surface area contributed by atoms with E-state index in [0.717, 1.165) is 139 Å². The number of benzene rings is 1. The molecule has 6 aliphatic heterocycles. The molecule has 0 unspecified atom stereocenters. The van der Waals surface area contributed by atoms with Crippen LogP contribution in [0.5, 0.6) is 0 Å². The highest BCUT2D eigenvalue weighted by Crippen LogP contribution is 2.51. The first-order chi connectivity index (χ1) is 27.9. The van der Waals surface area contributed by atoms with Crippen LogP contribution in [0, 0.1) is 5.41 Å². The number of rotatable bonds is 9. The molecular formula is C43H59ClN10O4. The minimum Gasteiger partial charge on any atom is -0.443 e. The zero-order valence-corrected chi connectivity index (χ0v) is 35.1. The summed E-state index contributed by atoms with van der Waals surface area (Å²) < 4.78 is 12.6. The van der Waals surface area contributed by atoms with Crippen molar-refractivity contribution in [1.29, 1.82) is 0 Å². The number of ether oxygens (including phenoxy) is 2. The molecule has 10 rings (SSSR count). The summed E-state index contributed by atoms with van der Waals surface area (Å²) in [6.45, 7) is 16.8. The molecule has 2 N–H and O–H groups in total. The van der Waals surface area contributed by atoms with Gasteiger partial charge in [-0.2, -0.15) is 0 Å². The molecule has 2 bridgehead atoms. The van der Waals surface area contributed by atoms with Crippen LogP contribution in [0.25, 0.3) is 11.0 Å². The van der Waals surface area contributed by atoms with Gasteiger partial charge in [0.1, 0.15) is 34.8 Å². The van der Waals surface area contributed by atoms with Gasteiger partial charge in [0.2, 0.25) is 5.91 Å². The number of piperidine rings is 1. The van der Waals surface area contributed by atoms with E-state index in [9.17, 15) is 9.59 Å². The molecule has 7 aliphatic rings. The number of hydrogen-bond acceptors (Lipinski definition) is 11. The van der Waals surface area contributed by atoms with Crippen molar-refractivity contribution in [2.24, 2.45) is 10.4 Å². The zero-order valence-electron chi connectivity index (χ0n) is 34.3. The first kappa shape index (κ1) is 39.6. The summed E-state index contributed by atoms with van der Waals surface area (Å²) in [5.74, 6) is 1.99. The van der Waals surface area contributed by atoms with Gasteiger partial charge in [-0.25, -0.2) is 19.7 Å². The molecule has 312 valence electrons. The van der Waals surface area contributed by atoms with Gasteiger partial charge in [-0.15, -0.1) is 0 Å². The minimum absolute atomic E-state index is 0.0866. The Labute approximate surface area is 346 Å². The molecule has 0 radical (unpaired) electrons. The molecule has 7 fully saturated rings. The molecule has 1 aliphatic carbocycles. The molecule has 1 saturated carbocycles. The quantitative estimate of drug-likeness (QED) is 0.281. The van der Waals surface area contributed by atoms with E-state index in [0.29, 0.717) is 24.5 Å². The van der Waals surface area contributed by atoms with E-state index >= 15 is 0 Å². The predicted octanol–water partition coefficient (Wildman–Crippen LogP) is 5.11. The van der Waals surface area contributed by atoms with Crippen LogP contribution in [0.3, 0.4) is 0 Å². The summed E-state index contributed by atoms with van der Waals surface area (Å²) in [6.07, 6.45) is 9.14. The van der Waals surface area contributed by atoms with Crippen LogP contribution in [-0.4, -0.2) is 154 Å². The Hall–Kier alpha value is -3.82. The topological polar surface area (TPSA) is 135 Å². The fourth-order valence-corrected chi connectivity index (χ4v) is 10.3. The van der Waals surface area contributed by atoms with Crippen molar-refractivity contribution in [2.75, 3.05) is 90.0 Å². The Morgan fingerprint density at radius 3 is 2.31 bits per heavy atom. The third-order valence-corrected chi connectivity index (χ3v) is 13.9. The Morgan fingerprint density at radius 1 is 0.914 bits per heavy atom. The third kappa shape index (κ3) is 7.82. The molecule has 1 atom stereocenters. The maximum absolute atomic E-state index is 14.1. The second kappa shape index (κ2) is 15.7. The van der Waals surface area contributed by atoms with Gasteiger partial charge < -0.3 is 29.6 Å². The number of H-pyrrole nitrogens is 1. The number of piperazine rings is 2. The molecule has 6 saturated heterocycles. The molecule has 2 amide bonds. The lowest BCUT2D eigenvalue weighted by Crippen LogP contribution is -2.63. The summed E-state index contributed by atoms with van der Waals surface area (Å²) in [4.78, 5) is 56.8. The number of halogens is 1. The number of aromatic amines is 1. The fraction of sp³-hybridized carbons (Fsp3) is 0.651. The van der Waals surface area contributed by atoms with Gasteiger partial charge in [-0.3, -0.25) is 19.6 Å². The predicted molar refractivity (Wildman–Crippen MR) is 224 cm³/mol. The summed E-state index contributed by atoms with van der Waals surface area (Å²) in [5, 5.41) is 5.11. The molecule has 1 spiro atoms. The van der Waals surface area contributed by atoms with Crippen LogP contribution in [0.15, 0.2) is 47.8 Å². The number of amidine groups is 1. The highest BCUT2D eigenvalue weighted by atomic mass is 35.5. The van der Waals surface area contributed by atoms with E-state index in [-0.39, 0.29) is 29.1 Å². The van der Waals surface area contributed by atoms with Crippen molar-refractivity contribution < 1.29 is 19.1 Å². The lowest BCUT2D eigenvalue weighted by Gasteiger charge is -2.55. The van der Waals surface area contributed by atoms with Crippen molar-refractivity contribution in [3.05, 3.63) is 53.4 Å². The van der Waals surface area contributed by atoms with E-state index < -0.39 is 11.1 Å². The Morgan fingerprint density at radius 2 is 1.64 bits per heavy atom. The van der Waals surface area contributed by atoms with E-state index in [1.807, 2.05) is 50.1 Å². The van der Waals surface area contributed by atoms with Crippen LogP contribution in [-0.2, 0) is 14.3 Å². The summed E-state index contributed by atoms with van der Waals surface area (Å²) in [5.41, 5.74) is 0.272. The van der Waals surface area contributed by atoms with Crippen LogP contribution in [0.4, 0.5) is 10.6 Å². The first-order valence-electron chi connectivity index (χ1n) is 21.4. The molecule has 3 aromatic rings. The number of aliphatic imine (C=N–C) groups is 1. The second-order valence-corrected chi connectivity index (χ2v) is 18.9. The maximum atomic E-state index is 14.1. The van der Waals surface area contributed by atoms with E-state index in [1.165, 1.54) is 0 Å². The number of aromatic nitrogens is 3. The van der Waals surface area contributed by atoms with Crippen LogP contribution < -0.4 is 10.2 Å². The number of amides is 2. The van der Waals surface area contributed by atoms with Crippen molar-refractivity contribution in [3.63, 3.8) is 0 Å². The minimum atomic E-state index is -0.636. The van der Waals surface area contributed by atoms with Crippen LogP contribution >= 0.6 is 11.6 Å². The average Bonchev–Trinajstić information content (AvgIpc) is 3.53. The Kier molecular flexibility index (Phi) is 10.7. The number of carbonyl (C=O) groups is 2. The monoisotopic (exact) mass is 814 g/mol. The number of carbonyl (C=O) groups excluding carboxylic acids is 2. The zero-order chi connectivity index (χ0) is 40.1. The van der Waals surface area contributed by atoms with E-state index in [1.54, 1.807) is 6.33 Å². The highest BCUT2D eigenvalue weighted by molar-refractivity contribution is 6.30. The van der Waals surface area contributed by atoms with Gasteiger partial charge in [0, 0.05) is 89.8 Å². The number of hydrogen-bond donors (Lipinski definition) is 2. The number of nitrogens with one attached hydrogen (secondary N) is 2. The molecule has 8 heterocycles. The summed E-state index contributed by atoms with van der Waals surface area (Å²) >= 11 is 6.36. The molecule has 58 heavy (non-hydrogen) atoms. The van der Waals surface area contributed by atoms with Gasteiger partial charge >= 0.3 is 6.09 Å². The van der Waals surface area contributed by atoms with Gasteiger partial charge in [0.25, 0.3) is 0 Å². The lowest BCUT2D eigenvalue weighted by molar-refractivity contribution is -0.202. The van der Waals surface area contributed by atoms with Crippen molar-refractivity contribution >= 4 is 46.3 Å².